The van der Waals surface area contributed by atoms with Gasteiger partial charge in [0.1, 0.15) is 5.82 Å². The summed E-state index contributed by atoms with van der Waals surface area (Å²) >= 11 is 5.76. The summed E-state index contributed by atoms with van der Waals surface area (Å²) in [5.41, 5.74) is 1.93. The highest BCUT2D eigenvalue weighted by Gasteiger charge is 2.08. The van der Waals surface area contributed by atoms with Crippen molar-refractivity contribution < 1.29 is 4.39 Å². The van der Waals surface area contributed by atoms with Gasteiger partial charge in [0.2, 0.25) is 0 Å². The average molecular weight is 268 g/mol. The predicted molar refractivity (Wildman–Crippen MR) is 69.9 cm³/mol. The van der Waals surface area contributed by atoms with E-state index in [-0.39, 0.29) is 11.1 Å². The first-order chi connectivity index (χ1) is 8.56. The molecule has 2 aromatic rings. The van der Waals surface area contributed by atoms with Gasteiger partial charge >= 0.3 is 0 Å². The van der Waals surface area contributed by atoms with Crippen molar-refractivity contribution >= 4 is 11.6 Å². The smallest absolute Gasteiger partial charge is 0.141 e. The predicted octanol–water partition coefficient (Wildman–Crippen LogP) is 3.06. The number of hydrogen-bond acceptors (Lipinski definition) is 2. The van der Waals surface area contributed by atoms with Gasteiger partial charge in [0.15, 0.2) is 0 Å². The molecule has 0 fully saturated rings. The van der Waals surface area contributed by atoms with Crippen LogP contribution in [0.5, 0.6) is 0 Å². The van der Waals surface area contributed by atoms with Crippen molar-refractivity contribution in [2.24, 2.45) is 7.05 Å². The topological polar surface area (TPSA) is 29.9 Å². The highest BCUT2D eigenvalue weighted by atomic mass is 35.5. The molecule has 0 radical (unpaired) electrons. The molecule has 0 aliphatic rings. The lowest BCUT2D eigenvalue weighted by atomic mass is 10.1. The quantitative estimate of drug-likeness (QED) is 0.923. The maximum Gasteiger partial charge on any atom is 0.141 e. The maximum atomic E-state index is 13.1. The summed E-state index contributed by atoms with van der Waals surface area (Å²) in [7, 11) is 1.88. The lowest BCUT2D eigenvalue weighted by molar-refractivity contribution is 0.559. The standard InChI is InChI=1S/C13H15ClFN3/c1-9(10-3-4-13(15)12(14)7-10)16-8-11-5-6-18(2)17-11/h3-7,9,16H,8H2,1-2H3. The first kappa shape index (κ1) is 13.1. The zero-order valence-corrected chi connectivity index (χ0v) is 11.1. The van der Waals surface area contributed by atoms with Crippen molar-refractivity contribution in [3.05, 3.63) is 52.6 Å². The molecule has 18 heavy (non-hydrogen) atoms. The van der Waals surface area contributed by atoms with Gasteiger partial charge < -0.3 is 5.32 Å². The molecule has 1 unspecified atom stereocenters. The van der Waals surface area contributed by atoms with Gasteiger partial charge in [-0.25, -0.2) is 4.39 Å². The van der Waals surface area contributed by atoms with Crippen molar-refractivity contribution in [1.29, 1.82) is 0 Å². The molecular weight excluding hydrogens is 253 g/mol. The number of aromatic nitrogens is 2. The number of rotatable bonds is 4. The van der Waals surface area contributed by atoms with E-state index in [1.165, 1.54) is 6.07 Å². The van der Waals surface area contributed by atoms with Gasteiger partial charge in [0.05, 0.1) is 10.7 Å². The molecule has 0 saturated carbocycles. The van der Waals surface area contributed by atoms with Gasteiger partial charge in [-0.2, -0.15) is 5.10 Å². The van der Waals surface area contributed by atoms with E-state index in [0.717, 1.165) is 11.3 Å². The SMILES string of the molecule is CC(NCc1ccn(C)n1)c1ccc(F)c(Cl)c1. The number of nitrogens with zero attached hydrogens (tertiary/aromatic N) is 2. The lowest BCUT2D eigenvalue weighted by Gasteiger charge is -2.13. The van der Waals surface area contributed by atoms with Crippen molar-refractivity contribution in [3.63, 3.8) is 0 Å². The van der Waals surface area contributed by atoms with E-state index >= 15 is 0 Å². The number of hydrogen-bond donors (Lipinski definition) is 1. The van der Waals surface area contributed by atoms with Crippen LogP contribution in [-0.2, 0) is 13.6 Å². The summed E-state index contributed by atoms with van der Waals surface area (Å²) in [4.78, 5) is 0. The van der Waals surface area contributed by atoms with Crippen molar-refractivity contribution in [1.82, 2.24) is 15.1 Å². The Morgan fingerprint density at radius 2 is 2.22 bits per heavy atom. The molecule has 3 nitrogen and oxygen atoms in total. The number of aryl methyl sites for hydroxylation is 1. The Balaban J connectivity index is 1.99. The van der Waals surface area contributed by atoms with E-state index in [1.807, 2.05) is 26.2 Å². The highest BCUT2D eigenvalue weighted by Crippen LogP contribution is 2.20. The molecule has 0 saturated heterocycles. The van der Waals surface area contributed by atoms with Gasteiger partial charge in [-0.3, -0.25) is 4.68 Å². The fourth-order valence-electron chi connectivity index (χ4n) is 1.71. The number of halogens is 2. The third-order valence-electron chi connectivity index (χ3n) is 2.80. The van der Waals surface area contributed by atoms with E-state index in [4.69, 9.17) is 11.6 Å². The minimum atomic E-state index is -0.391. The number of benzene rings is 1. The molecule has 0 bridgehead atoms. The number of nitrogens with one attached hydrogen (secondary N) is 1. The molecule has 1 atom stereocenters. The second kappa shape index (κ2) is 5.50. The van der Waals surface area contributed by atoms with Gasteiger partial charge in [-0.1, -0.05) is 17.7 Å². The van der Waals surface area contributed by atoms with E-state index in [1.54, 1.807) is 16.8 Å². The van der Waals surface area contributed by atoms with Crippen LogP contribution in [0.3, 0.4) is 0 Å². The van der Waals surface area contributed by atoms with Crippen LogP contribution in [-0.4, -0.2) is 9.78 Å². The van der Waals surface area contributed by atoms with Gasteiger partial charge in [-0.05, 0) is 30.7 Å². The zero-order valence-electron chi connectivity index (χ0n) is 10.3. The fraction of sp³-hybridized carbons (Fsp3) is 0.308. The van der Waals surface area contributed by atoms with E-state index in [0.29, 0.717) is 6.54 Å². The van der Waals surface area contributed by atoms with Crippen molar-refractivity contribution in [3.8, 4) is 0 Å². The molecule has 96 valence electrons. The molecule has 1 heterocycles. The monoisotopic (exact) mass is 267 g/mol. The largest absolute Gasteiger partial charge is 0.304 e. The zero-order chi connectivity index (χ0) is 13.1. The van der Waals surface area contributed by atoms with Crippen LogP contribution in [0.1, 0.15) is 24.2 Å². The van der Waals surface area contributed by atoms with E-state index in [9.17, 15) is 4.39 Å². The molecule has 0 amide bonds. The Labute approximate surface area is 111 Å². The van der Waals surface area contributed by atoms with Gasteiger partial charge in [-0.15, -0.1) is 0 Å². The summed E-state index contributed by atoms with van der Waals surface area (Å²) in [6.07, 6.45) is 1.90. The van der Waals surface area contributed by atoms with Crippen LogP contribution in [0, 0.1) is 5.82 Å². The van der Waals surface area contributed by atoms with E-state index in [2.05, 4.69) is 10.4 Å². The second-order valence-electron chi connectivity index (χ2n) is 4.26. The van der Waals surface area contributed by atoms with Crippen LogP contribution in [0.4, 0.5) is 4.39 Å². The molecule has 5 heteroatoms. The third-order valence-corrected chi connectivity index (χ3v) is 3.09. The Bertz CT molecular complexity index is 539. The summed E-state index contributed by atoms with van der Waals surface area (Å²) in [5, 5.41) is 7.75. The minimum absolute atomic E-state index is 0.0881. The summed E-state index contributed by atoms with van der Waals surface area (Å²) < 4.78 is 14.8. The van der Waals surface area contributed by atoms with E-state index < -0.39 is 5.82 Å². The maximum absolute atomic E-state index is 13.1. The first-order valence-corrected chi connectivity index (χ1v) is 6.11. The van der Waals surface area contributed by atoms with Crippen molar-refractivity contribution in [2.45, 2.75) is 19.5 Å². The van der Waals surface area contributed by atoms with Gasteiger partial charge in [0, 0.05) is 25.8 Å². The summed E-state index contributed by atoms with van der Waals surface area (Å²) in [5.74, 6) is -0.391. The van der Waals surface area contributed by atoms with Gasteiger partial charge in [0.25, 0.3) is 0 Å². The molecule has 1 aromatic heterocycles. The van der Waals surface area contributed by atoms with Crippen molar-refractivity contribution in [2.75, 3.05) is 0 Å². The Morgan fingerprint density at radius 1 is 1.44 bits per heavy atom. The second-order valence-corrected chi connectivity index (χ2v) is 4.66. The Kier molecular flexibility index (Phi) is 3.99. The van der Waals surface area contributed by atoms with Crippen LogP contribution in [0.2, 0.25) is 5.02 Å². The highest BCUT2D eigenvalue weighted by molar-refractivity contribution is 6.30. The lowest BCUT2D eigenvalue weighted by Crippen LogP contribution is -2.18. The molecule has 1 aromatic carbocycles. The molecule has 2 rings (SSSR count). The summed E-state index contributed by atoms with van der Waals surface area (Å²) in [6.45, 7) is 2.67. The molecule has 0 aliphatic carbocycles. The first-order valence-electron chi connectivity index (χ1n) is 5.73. The Morgan fingerprint density at radius 3 is 2.83 bits per heavy atom. The van der Waals surface area contributed by atoms with Crippen LogP contribution < -0.4 is 5.32 Å². The van der Waals surface area contributed by atoms with Crippen LogP contribution >= 0.6 is 11.6 Å². The molecule has 1 N–H and O–H groups in total. The summed E-state index contributed by atoms with van der Waals surface area (Å²) in [6, 6.07) is 6.81. The molecular formula is C13H15ClFN3. The average Bonchev–Trinajstić information content (AvgIpc) is 2.75. The minimum Gasteiger partial charge on any atom is -0.304 e. The normalized spacial score (nSPS) is 12.7. The van der Waals surface area contributed by atoms with Crippen LogP contribution in [0.25, 0.3) is 0 Å². The third kappa shape index (κ3) is 3.09. The molecule has 0 aliphatic heterocycles. The Hall–Kier alpha value is -1.39. The fourth-order valence-corrected chi connectivity index (χ4v) is 1.90. The molecule has 0 spiro atoms. The van der Waals surface area contributed by atoms with Crippen LogP contribution in [0.15, 0.2) is 30.5 Å².